The van der Waals surface area contributed by atoms with E-state index in [0.717, 1.165) is 32.1 Å². The lowest BCUT2D eigenvalue weighted by Gasteiger charge is -2.29. The molecule has 1 aromatic carbocycles. The van der Waals surface area contributed by atoms with Crippen LogP contribution >= 0.6 is 0 Å². The van der Waals surface area contributed by atoms with Gasteiger partial charge >= 0.3 is 0 Å². The lowest BCUT2D eigenvalue weighted by molar-refractivity contribution is 0.0225. The van der Waals surface area contributed by atoms with Gasteiger partial charge in [-0.2, -0.15) is 0 Å². The van der Waals surface area contributed by atoms with Crippen molar-refractivity contribution in [3.05, 3.63) is 34.9 Å². The fraction of sp³-hybridized carbons (Fsp3) is 0.667. The molecule has 1 aromatic rings. The van der Waals surface area contributed by atoms with E-state index in [1.165, 1.54) is 23.1 Å². The average Bonchev–Trinajstić information content (AvgIpc) is 2.44. The van der Waals surface area contributed by atoms with Crippen LogP contribution in [0.5, 0.6) is 0 Å². The molecule has 106 valence electrons. The topological polar surface area (TPSA) is 20.2 Å². The number of aliphatic hydroxyl groups is 1. The number of hydrogen-bond donors (Lipinski definition) is 1. The van der Waals surface area contributed by atoms with Gasteiger partial charge in [-0.05, 0) is 56.1 Å². The summed E-state index contributed by atoms with van der Waals surface area (Å²) in [4.78, 5) is 0. The lowest BCUT2D eigenvalue weighted by Crippen LogP contribution is -2.31. The average molecular weight is 260 g/mol. The van der Waals surface area contributed by atoms with Crippen LogP contribution in [0.1, 0.15) is 62.6 Å². The van der Waals surface area contributed by atoms with E-state index >= 15 is 0 Å². The van der Waals surface area contributed by atoms with Gasteiger partial charge in [0.05, 0.1) is 5.60 Å². The third-order valence-corrected chi connectivity index (χ3v) is 4.79. The Balaban J connectivity index is 2.14. The summed E-state index contributed by atoms with van der Waals surface area (Å²) in [6, 6.07) is 6.57. The van der Waals surface area contributed by atoms with Gasteiger partial charge in [0.25, 0.3) is 0 Å². The normalized spacial score (nSPS) is 27.0. The summed E-state index contributed by atoms with van der Waals surface area (Å²) in [5.74, 6) is 0. The van der Waals surface area contributed by atoms with Crippen LogP contribution in [0.3, 0.4) is 0 Å². The third-order valence-electron chi connectivity index (χ3n) is 4.79. The number of hydrogen-bond acceptors (Lipinski definition) is 1. The molecule has 1 unspecified atom stereocenters. The Hall–Kier alpha value is -0.820. The standard InChI is InChI=1S/C18H28O/c1-14-6-7-15(2)16(12-14)13-18(19)9-5-8-17(3,4)10-11-18/h6-7,12,19H,5,8-11,13H2,1-4H3. The second-order valence-electron chi connectivity index (χ2n) is 7.35. The van der Waals surface area contributed by atoms with Gasteiger partial charge in [-0.3, -0.25) is 0 Å². The van der Waals surface area contributed by atoms with Crippen molar-refractivity contribution in [2.45, 2.75) is 71.8 Å². The van der Waals surface area contributed by atoms with Gasteiger partial charge < -0.3 is 5.11 Å². The summed E-state index contributed by atoms with van der Waals surface area (Å²) in [6.45, 7) is 8.94. The van der Waals surface area contributed by atoms with Crippen molar-refractivity contribution in [2.75, 3.05) is 0 Å². The summed E-state index contributed by atoms with van der Waals surface area (Å²) in [5.41, 5.74) is 3.82. The first kappa shape index (κ1) is 14.6. The zero-order chi connectivity index (χ0) is 14.1. The molecule has 1 atom stereocenters. The minimum atomic E-state index is -0.494. The molecule has 0 amide bonds. The molecular formula is C18H28O. The fourth-order valence-electron chi connectivity index (χ4n) is 3.24. The first-order chi connectivity index (χ1) is 8.80. The van der Waals surface area contributed by atoms with E-state index in [1.807, 2.05) is 0 Å². The van der Waals surface area contributed by atoms with Crippen LogP contribution in [0.2, 0.25) is 0 Å². The third kappa shape index (κ3) is 3.82. The summed E-state index contributed by atoms with van der Waals surface area (Å²) >= 11 is 0. The van der Waals surface area contributed by atoms with E-state index in [2.05, 4.69) is 45.9 Å². The second-order valence-corrected chi connectivity index (χ2v) is 7.35. The predicted molar refractivity (Wildman–Crippen MR) is 81.4 cm³/mol. The zero-order valence-electron chi connectivity index (χ0n) is 12.9. The van der Waals surface area contributed by atoms with Gasteiger partial charge in [-0.15, -0.1) is 0 Å². The first-order valence-corrected chi connectivity index (χ1v) is 7.58. The Labute approximate surface area is 118 Å². The van der Waals surface area contributed by atoms with Crippen molar-refractivity contribution in [1.29, 1.82) is 0 Å². The van der Waals surface area contributed by atoms with E-state index in [4.69, 9.17) is 0 Å². The minimum Gasteiger partial charge on any atom is -0.390 e. The van der Waals surface area contributed by atoms with Gasteiger partial charge in [0.15, 0.2) is 0 Å². The Kier molecular flexibility index (Phi) is 4.06. The molecule has 1 N–H and O–H groups in total. The Morgan fingerprint density at radius 2 is 1.79 bits per heavy atom. The molecule has 19 heavy (non-hydrogen) atoms. The maximum absolute atomic E-state index is 11.0. The maximum atomic E-state index is 11.0. The minimum absolute atomic E-state index is 0.395. The molecule has 0 aromatic heterocycles. The van der Waals surface area contributed by atoms with Crippen LogP contribution in [0.25, 0.3) is 0 Å². The highest BCUT2D eigenvalue weighted by atomic mass is 16.3. The fourth-order valence-corrected chi connectivity index (χ4v) is 3.24. The highest BCUT2D eigenvalue weighted by Gasteiger charge is 2.34. The predicted octanol–water partition coefficient (Wildman–Crippen LogP) is 4.57. The lowest BCUT2D eigenvalue weighted by atomic mass is 9.82. The number of benzene rings is 1. The molecule has 0 bridgehead atoms. The van der Waals surface area contributed by atoms with Crippen molar-refractivity contribution in [2.24, 2.45) is 5.41 Å². The van der Waals surface area contributed by atoms with Crippen molar-refractivity contribution < 1.29 is 5.11 Å². The van der Waals surface area contributed by atoms with Crippen LogP contribution < -0.4 is 0 Å². The largest absolute Gasteiger partial charge is 0.390 e. The summed E-state index contributed by atoms with van der Waals surface area (Å²) in [6.07, 6.45) is 6.22. The van der Waals surface area contributed by atoms with Crippen LogP contribution in [0.15, 0.2) is 18.2 Å². The highest BCUT2D eigenvalue weighted by Crippen LogP contribution is 2.39. The molecule has 1 fully saturated rings. The molecule has 1 saturated carbocycles. The quantitative estimate of drug-likeness (QED) is 0.772. The maximum Gasteiger partial charge on any atom is 0.0688 e. The van der Waals surface area contributed by atoms with Crippen LogP contribution in [-0.4, -0.2) is 10.7 Å². The van der Waals surface area contributed by atoms with E-state index in [1.54, 1.807) is 0 Å². The molecule has 1 heteroatoms. The highest BCUT2D eigenvalue weighted by molar-refractivity contribution is 5.31. The Morgan fingerprint density at radius 3 is 2.53 bits per heavy atom. The summed E-state index contributed by atoms with van der Waals surface area (Å²) in [7, 11) is 0. The number of aryl methyl sites for hydroxylation is 2. The zero-order valence-corrected chi connectivity index (χ0v) is 12.9. The van der Waals surface area contributed by atoms with E-state index in [0.29, 0.717) is 5.41 Å². The van der Waals surface area contributed by atoms with Gasteiger partial charge in [-0.25, -0.2) is 0 Å². The van der Waals surface area contributed by atoms with Crippen LogP contribution in [-0.2, 0) is 6.42 Å². The van der Waals surface area contributed by atoms with Crippen molar-refractivity contribution >= 4 is 0 Å². The molecule has 1 aliphatic rings. The van der Waals surface area contributed by atoms with E-state index < -0.39 is 5.60 Å². The van der Waals surface area contributed by atoms with Gasteiger partial charge in [0.2, 0.25) is 0 Å². The van der Waals surface area contributed by atoms with Gasteiger partial charge in [0.1, 0.15) is 0 Å². The molecule has 0 spiro atoms. The van der Waals surface area contributed by atoms with E-state index in [-0.39, 0.29) is 0 Å². The smallest absolute Gasteiger partial charge is 0.0688 e. The molecule has 0 aliphatic heterocycles. The monoisotopic (exact) mass is 260 g/mol. The van der Waals surface area contributed by atoms with Crippen LogP contribution in [0.4, 0.5) is 0 Å². The molecule has 1 nitrogen and oxygen atoms in total. The molecule has 0 heterocycles. The Morgan fingerprint density at radius 1 is 1.05 bits per heavy atom. The summed E-state index contributed by atoms with van der Waals surface area (Å²) in [5, 5.41) is 11.0. The second kappa shape index (κ2) is 5.28. The molecular weight excluding hydrogens is 232 g/mol. The first-order valence-electron chi connectivity index (χ1n) is 7.58. The van der Waals surface area contributed by atoms with Crippen molar-refractivity contribution in [1.82, 2.24) is 0 Å². The van der Waals surface area contributed by atoms with Crippen molar-refractivity contribution in [3.8, 4) is 0 Å². The van der Waals surface area contributed by atoms with E-state index in [9.17, 15) is 5.11 Å². The molecule has 0 saturated heterocycles. The van der Waals surface area contributed by atoms with Crippen molar-refractivity contribution in [3.63, 3.8) is 0 Å². The molecule has 2 rings (SSSR count). The Bertz CT molecular complexity index is 447. The van der Waals surface area contributed by atoms with Gasteiger partial charge in [-0.1, -0.05) is 44.0 Å². The summed E-state index contributed by atoms with van der Waals surface area (Å²) < 4.78 is 0. The van der Waals surface area contributed by atoms with Gasteiger partial charge in [0, 0.05) is 6.42 Å². The molecule has 0 radical (unpaired) electrons. The number of rotatable bonds is 2. The SMILES string of the molecule is Cc1ccc(C)c(CC2(O)CCCC(C)(C)CC2)c1. The van der Waals surface area contributed by atoms with Crippen LogP contribution in [0, 0.1) is 19.3 Å². The molecule has 1 aliphatic carbocycles.